The third-order valence-corrected chi connectivity index (χ3v) is 11.9. The molecule has 0 radical (unpaired) electrons. The highest BCUT2D eigenvalue weighted by Crippen LogP contribution is 2.47. The molecule has 0 saturated carbocycles. The molecule has 0 aliphatic heterocycles. The number of hydrogen-bond acceptors (Lipinski definition) is 6. The predicted molar refractivity (Wildman–Crippen MR) is 261 cm³/mol. The molecule has 6 heteroatoms. The van der Waals surface area contributed by atoms with E-state index < -0.39 is 0 Å². The fourth-order valence-corrected chi connectivity index (χ4v) is 8.14. The Morgan fingerprint density at radius 2 is 0.361 bits per heavy atom. The Morgan fingerprint density at radius 1 is 0.213 bits per heavy atom. The van der Waals surface area contributed by atoms with Crippen molar-refractivity contribution < 1.29 is 28.4 Å². The molecular formula is C55H86O6. The van der Waals surface area contributed by atoms with Crippen molar-refractivity contribution in [2.45, 2.75) is 202 Å². The second-order valence-electron chi connectivity index (χ2n) is 17.3. The fraction of sp³-hybridized carbons (Fsp3) is 0.673. The Morgan fingerprint density at radius 3 is 0.525 bits per heavy atom. The molecular weight excluding hydrogens is 757 g/mol. The molecule has 0 spiro atoms. The van der Waals surface area contributed by atoms with Gasteiger partial charge in [-0.3, -0.25) is 0 Å². The first-order chi connectivity index (χ1) is 30.1. The quantitative estimate of drug-likeness (QED) is 0.0333. The van der Waals surface area contributed by atoms with Crippen LogP contribution in [0.1, 0.15) is 202 Å². The number of unbranched alkanes of at least 4 members (excludes halogenated alkanes) is 19. The molecule has 0 atom stereocenters. The topological polar surface area (TPSA) is 55.4 Å². The molecule has 0 amide bonds. The first-order valence-electron chi connectivity index (χ1n) is 25.4. The van der Waals surface area contributed by atoms with Crippen LogP contribution in [-0.4, -0.2) is 39.6 Å². The highest BCUT2D eigenvalue weighted by Gasteiger charge is 2.21. The van der Waals surface area contributed by atoms with E-state index in [0.29, 0.717) is 39.6 Å². The third-order valence-electron chi connectivity index (χ3n) is 11.9. The van der Waals surface area contributed by atoms with E-state index in [1.807, 2.05) is 0 Å². The lowest BCUT2D eigenvalue weighted by atomic mass is 9.93. The Kier molecular flexibility index (Phi) is 25.1. The summed E-state index contributed by atoms with van der Waals surface area (Å²) in [7, 11) is 0. The van der Waals surface area contributed by atoms with Gasteiger partial charge in [0.05, 0.1) is 39.6 Å². The van der Waals surface area contributed by atoms with Gasteiger partial charge in [0.15, 0.2) is 34.5 Å². The van der Waals surface area contributed by atoms with E-state index in [1.54, 1.807) is 0 Å². The van der Waals surface area contributed by atoms with Crippen LogP contribution < -0.4 is 28.4 Å². The van der Waals surface area contributed by atoms with E-state index in [9.17, 15) is 0 Å². The summed E-state index contributed by atoms with van der Waals surface area (Å²) < 4.78 is 40.0. The molecule has 4 aromatic rings. The lowest BCUT2D eigenvalue weighted by Gasteiger charge is -2.21. The smallest absolute Gasteiger partial charge is 0.161 e. The first-order valence-corrected chi connectivity index (χ1v) is 25.4. The lowest BCUT2D eigenvalue weighted by molar-refractivity contribution is 0.259. The van der Waals surface area contributed by atoms with Gasteiger partial charge in [0.1, 0.15) is 0 Å². The van der Waals surface area contributed by atoms with Gasteiger partial charge in [0.2, 0.25) is 0 Å². The zero-order valence-corrected chi connectivity index (χ0v) is 39.8. The summed E-state index contributed by atoms with van der Waals surface area (Å²) in [6.45, 7) is 17.5. The van der Waals surface area contributed by atoms with Gasteiger partial charge in [-0.15, -0.1) is 0 Å². The number of rotatable bonds is 37. The SMILES string of the molecule is CCCCCCCOc1cc2c3cc(OCCCCCC)c(OCCCCCC)cc3c3cc(OCCCCCC)c(OCCCCCC)cc3c2cc1OCCCCCC. The molecule has 4 aromatic carbocycles. The molecule has 4 rings (SSSR count). The predicted octanol–water partition coefficient (Wildman–Crippen LogP) is 17.3. The van der Waals surface area contributed by atoms with Crippen LogP contribution in [0.25, 0.3) is 32.3 Å². The van der Waals surface area contributed by atoms with Crippen molar-refractivity contribution in [1.29, 1.82) is 0 Å². The van der Waals surface area contributed by atoms with Crippen LogP contribution in [0.3, 0.4) is 0 Å². The molecule has 342 valence electrons. The van der Waals surface area contributed by atoms with Gasteiger partial charge in [0.25, 0.3) is 0 Å². The van der Waals surface area contributed by atoms with E-state index in [0.717, 1.165) is 137 Å². The Bertz CT molecular complexity index is 1730. The van der Waals surface area contributed by atoms with Crippen LogP contribution in [0.5, 0.6) is 34.5 Å². The average Bonchev–Trinajstić information content (AvgIpc) is 3.27. The maximum absolute atomic E-state index is 6.68. The monoisotopic (exact) mass is 843 g/mol. The largest absolute Gasteiger partial charge is 0.490 e. The summed E-state index contributed by atoms with van der Waals surface area (Å²) in [4.78, 5) is 0. The van der Waals surface area contributed by atoms with Crippen molar-refractivity contribution in [2.24, 2.45) is 0 Å². The van der Waals surface area contributed by atoms with Gasteiger partial charge < -0.3 is 28.4 Å². The molecule has 0 aromatic heterocycles. The van der Waals surface area contributed by atoms with Crippen molar-refractivity contribution in [2.75, 3.05) is 39.6 Å². The number of ether oxygens (including phenoxy) is 6. The van der Waals surface area contributed by atoms with Crippen molar-refractivity contribution in [3.05, 3.63) is 36.4 Å². The molecule has 61 heavy (non-hydrogen) atoms. The molecule has 0 bridgehead atoms. The van der Waals surface area contributed by atoms with Crippen molar-refractivity contribution >= 4 is 32.3 Å². The maximum atomic E-state index is 6.68. The van der Waals surface area contributed by atoms with Crippen LogP contribution in [0.4, 0.5) is 0 Å². The highest BCUT2D eigenvalue weighted by atomic mass is 16.5. The zero-order chi connectivity index (χ0) is 43.3. The van der Waals surface area contributed by atoms with Crippen LogP contribution in [0.15, 0.2) is 36.4 Å². The fourth-order valence-electron chi connectivity index (χ4n) is 8.14. The van der Waals surface area contributed by atoms with Gasteiger partial charge in [-0.05, 0) is 107 Å². The minimum atomic E-state index is 0.667. The summed E-state index contributed by atoms with van der Waals surface area (Å²) in [5.74, 6) is 4.89. The van der Waals surface area contributed by atoms with Gasteiger partial charge in [-0.1, -0.05) is 164 Å². The van der Waals surface area contributed by atoms with E-state index in [2.05, 4.69) is 77.9 Å². The minimum absolute atomic E-state index is 0.667. The van der Waals surface area contributed by atoms with Gasteiger partial charge in [0, 0.05) is 0 Å². The van der Waals surface area contributed by atoms with Crippen LogP contribution >= 0.6 is 0 Å². The summed E-state index contributed by atoms with van der Waals surface area (Å²) in [5.41, 5.74) is 0. The Labute approximate surface area is 372 Å². The first kappa shape index (κ1) is 50.1. The van der Waals surface area contributed by atoms with E-state index in [-0.39, 0.29) is 0 Å². The second-order valence-corrected chi connectivity index (χ2v) is 17.3. The van der Waals surface area contributed by atoms with Crippen LogP contribution in [0.2, 0.25) is 0 Å². The summed E-state index contributed by atoms with van der Waals surface area (Å²) in [5, 5.41) is 6.71. The average molecular weight is 843 g/mol. The number of hydrogen-bond donors (Lipinski definition) is 0. The minimum Gasteiger partial charge on any atom is -0.490 e. The van der Waals surface area contributed by atoms with Crippen molar-refractivity contribution in [3.63, 3.8) is 0 Å². The molecule has 6 nitrogen and oxygen atoms in total. The van der Waals surface area contributed by atoms with Crippen molar-refractivity contribution in [1.82, 2.24) is 0 Å². The number of fused-ring (bicyclic) bond motifs is 6. The molecule has 0 N–H and O–H groups in total. The van der Waals surface area contributed by atoms with E-state index in [1.165, 1.54) is 89.9 Å². The number of benzene rings is 4. The highest BCUT2D eigenvalue weighted by molar-refractivity contribution is 6.26. The Hall–Kier alpha value is -3.54. The van der Waals surface area contributed by atoms with Crippen LogP contribution in [0, 0.1) is 0 Å². The lowest BCUT2D eigenvalue weighted by Crippen LogP contribution is -2.05. The molecule has 0 heterocycles. The maximum Gasteiger partial charge on any atom is 0.161 e. The molecule has 0 fully saturated rings. The molecule has 0 unspecified atom stereocenters. The van der Waals surface area contributed by atoms with Crippen LogP contribution in [-0.2, 0) is 0 Å². The summed E-state index contributed by atoms with van der Waals surface area (Å²) in [6.07, 6.45) is 29.0. The summed E-state index contributed by atoms with van der Waals surface area (Å²) >= 11 is 0. The van der Waals surface area contributed by atoms with Gasteiger partial charge in [-0.2, -0.15) is 0 Å². The van der Waals surface area contributed by atoms with Gasteiger partial charge in [-0.25, -0.2) is 0 Å². The van der Waals surface area contributed by atoms with Crippen molar-refractivity contribution in [3.8, 4) is 34.5 Å². The second kappa shape index (κ2) is 30.5. The van der Waals surface area contributed by atoms with Gasteiger partial charge >= 0.3 is 0 Å². The molecule has 0 aliphatic rings. The Balaban J connectivity index is 1.94. The zero-order valence-electron chi connectivity index (χ0n) is 39.8. The normalized spacial score (nSPS) is 11.5. The summed E-state index contributed by atoms with van der Waals surface area (Å²) in [6, 6.07) is 13.4. The standard InChI is InChI=1S/C55H86O6/c1-7-13-19-25-31-37-61-55-43-49-47-41-53(59-35-29-23-17-11-5)51(57-33-27-21-15-9-3)39-45(47)44-38-50(56-32-26-20-14-8-2)52(58-34-28-22-16-10-4)40-46(44)48(49)42-54(55)60-36-30-24-18-12-6/h38-43H,7-37H2,1-6H3. The molecule has 0 saturated heterocycles. The molecule has 0 aliphatic carbocycles. The van der Waals surface area contributed by atoms with E-state index in [4.69, 9.17) is 28.4 Å². The van der Waals surface area contributed by atoms with E-state index >= 15 is 0 Å². The third kappa shape index (κ3) is 16.9.